The first-order chi connectivity index (χ1) is 14.3. The normalized spacial score (nSPS) is 23.6. The average molecular weight is 475 g/mol. The number of hydrogen-bond donors (Lipinski definition) is 1. The topological polar surface area (TPSA) is 65.0 Å². The van der Waals surface area contributed by atoms with Gasteiger partial charge in [0.1, 0.15) is 11.5 Å². The lowest BCUT2D eigenvalue weighted by molar-refractivity contribution is -0.139. The van der Waals surface area contributed by atoms with Crippen LogP contribution in [0.3, 0.4) is 0 Å². The molecule has 30 heavy (non-hydrogen) atoms. The molecule has 1 fully saturated rings. The average Bonchev–Trinajstić information content (AvgIpc) is 2.72. The molecule has 5 nitrogen and oxygen atoms in total. The van der Waals surface area contributed by atoms with Gasteiger partial charge in [-0.3, -0.25) is 0 Å². The number of aliphatic carboxylic acids is 1. The third-order valence-electron chi connectivity index (χ3n) is 5.60. The maximum absolute atomic E-state index is 11.1. The van der Waals surface area contributed by atoms with E-state index in [1.165, 1.54) is 5.56 Å². The van der Waals surface area contributed by atoms with Gasteiger partial charge in [-0.15, -0.1) is 0 Å². The molecule has 0 unspecified atom stereocenters. The zero-order valence-electron chi connectivity index (χ0n) is 17.4. The molecule has 1 aliphatic rings. The highest BCUT2D eigenvalue weighted by atomic mass is 79.9. The fourth-order valence-electron chi connectivity index (χ4n) is 4.07. The molecule has 4 atom stereocenters. The van der Waals surface area contributed by atoms with Crippen LogP contribution in [0.2, 0.25) is 0 Å². The number of hydrogen-bond acceptors (Lipinski definition) is 4. The van der Waals surface area contributed by atoms with Crippen molar-refractivity contribution in [2.45, 2.75) is 38.4 Å². The second kappa shape index (κ2) is 9.67. The highest BCUT2D eigenvalue weighted by Crippen LogP contribution is 2.49. The lowest BCUT2D eigenvalue weighted by Crippen LogP contribution is -2.34. The van der Waals surface area contributed by atoms with Crippen molar-refractivity contribution in [3.8, 4) is 11.5 Å². The molecule has 0 aliphatic carbocycles. The fourth-order valence-corrected chi connectivity index (χ4v) is 4.57. The molecule has 0 aromatic heterocycles. The molecule has 1 N–H and O–H groups in total. The van der Waals surface area contributed by atoms with Gasteiger partial charge in [-0.1, -0.05) is 36.4 Å². The Kier molecular flexibility index (Phi) is 7.21. The van der Waals surface area contributed by atoms with Gasteiger partial charge in [-0.25, -0.2) is 4.79 Å². The van der Waals surface area contributed by atoms with Gasteiger partial charge in [0.15, 0.2) is 6.61 Å². The summed E-state index contributed by atoms with van der Waals surface area (Å²) in [6.45, 7) is 7.88. The molecular weight excluding hydrogens is 448 g/mol. The Hall–Kier alpha value is -2.31. The van der Waals surface area contributed by atoms with Crippen molar-refractivity contribution in [2.24, 2.45) is 5.92 Å². The predicted octanol–water partition coefficient (Wildman–Crippen LogP) is 5.75. The van der Waals surface area contributed by atoms with E-state index in [1.54, 1.807) is 7.11 Å². The standard InChI is InChI=1S/C24H27BrO5/c1-14(2)19-12-20(16-7-5-8-17(11-16)28-4)15(3)30-23(19)18-9-6-10-21(25)24(18)29-13-22(26)27/h5-11,15,19-20,23H,1,12-13H2,2-4H3,(H,26,27)/t15-,19+,20-,23+/m0/s1. The van der Waals surface area contributed by atoms with Crippen molar-refractivity contribution >= 4 is 21.9 Å². The first kappa shape index (κ1) is 22.4. The Labute approximate surface area is 185 Å². The zero-order chi connectivity index (χ0) is 21.8. The van der Waals surface area contributed by atoms with Gasteiger partial charge >= 0.3 is 5.97 Å². The van der Waals surface area contributed by atoms with E-state index in [9.17, 15) is 4.79 Å². The number of benzene rings is 2. The van der Waals surface area contributed by atoms with Gasteiger partial charge < -0.3 is 19.3 Å². The maximum Gasteiger partial charge on any atom is 0.341 e. The molecular formula is C24H27BrO5. The largest absolute Gasteiger partial charge is 0.497 e. The molecule has 160 valence electrons. The summed E-state index contributed by atoms with van der Waals surface area (Å²) in [6.07, 6.45) is 0.531. The summed E-state index contributed by atoms with van der Waals surface area (Å²) in [5, 5.41) is 9.06. The molecule has 0 bridgehead atoms. The van der Waals surface area contributed by atoms with Crippen LogP contribution in [-0.4, -0.2) is 30.9 Å². The summed E-state index contributed by atoms with van der Waals surface area (Å²) in [5.41, 5.74) is 3.02. The van der Waals surface area contributed by atoms with Gasteiger partial charge in [-0.2, -0.15) is 0 Å². The van der Waals surface area contributed by atoms with Crippen molar-refractivity contribution in [3.05, 3.63) is 70.2 Å². The molecule has 3 rings (SSSR count). The minimum absolute atomic E-state index is 0.0518. The van der Waals surface area contributed by atoms with E-state index in [1.807, 2.05) is 37.3 Å². The predicted molar refractivity (Wildman–Crippen MR) is 119 cm³/mol. The number of para-hydroxylation sites is 1. The van der Waals surface area contributed by atoms with Crippen LogP contribution in [0.15, 0.2) is 59.1 Å². The van der Waals surface area contributed by atoms with E-state index in [0.29, 0.717) is 10.2 Å². The number of rotatable bonds is 7. The highest BCUT2D eigenvalue weighted by molar-refractivity contribution is 9.10. The second-order valence-corrected chi connectivity index (χ2v) is 8.53. The number of ether oxygens (including phenoxy) is 3. The number of halogens is 1. The van der Waals surface area contributed by atoms with Crippen LogP contribution in [-0.2, 0) is 9.53 Å². The van der Waals surface area contributed by atoms with Crippen molar-refractivity contribution in [1.29, 1.82) is 0 Å². The molecule has 6 heteroatoms. The summed E-state index contributed by atoms with van der Waals surface area (Å²) in [5.74, 6) is 0.546. The smallest absolute Gasteiger partial charge is 0.341 e. The van der Waals surface area contributed by atoms with Crippen molar-refractivity contribution < 1.29 is 24.1 Å². The fraction of sp³-hybridized carbons (Fsp3) is 0.375. The van der Waals surface area contributed by atoms with Gasteiger partial charge in [0.25, 0.3) is 0 Å². The molecule has 2 aromatic rings. The molecule has 1 aliphatic heterocycles. The van der Waals surface area contributed by atoms with Crippen LogP contribution in [0.5, 0.6) is 11.5 Å². The first-order valence-electron chi connectivity index (χ1n) is 9.89. The second-order valence-electron chi connectivity index (χ2n) is 7.67. The molecule has 1 saturated heterocycles. The van der Waals surface area contributed by atoms with Crippen LogP contribution in [0.4, 0.5) is 0 Å². The third kappa shape index (κ3) is 4.87. The Morgan fingerprint density at radius 1 is 1.30 bits per heavy atom. The molecule has 0 amide bonds. The summed E-state index contributed by atoms with van der Waals surface area (Å²) < 4.78 is 18.2. The van der Waals surface area contributed by atoms with Gasteiger partial charge in [-0.05, 0) is 60.0 Å². The monoisotopic (exact) mass is 474 g/mol. The van der Waals surface area contributed by atoms with E-state index in [-0.39, 0.29) is 24.0 Å². The van der Waals surface area contributed by atoms with Crippen LogP contribution >= 0.6 is 15.9 Å². The summed E-state index contributed by atoms with van der Waals surface area (Å²) >= 11 is 3.49. The highest BCUT2D eigenvalue weighted by Gasteiger charge is 2.39. The Bertz CT molecular complexity index is 926. The van der Waals surface area contributed by atoms with Crippen LogP contribution in [0.1, 0.15) is 43.4 Å². The van der Waals surface area contributed by atoms with E-state index < -0.39 is 12.6 Å². The van der Waals surface area contributed by atoms with Gasteiger partial charge in [0.2, 0.25) is 0 Å². The Morgan fingerprint density at radius 2 is 2.03 bits per heavy atom. The van der Waals surface area contributed by atoms with Gasteiger partial charge in [0, 0.05) is 17.4 Å². The summed E-state index contributed by atoms with van der Waals surface area (Å²) in [7, 11) is 1.67. The van der Waals surface area contributed by atoms with Crippen LogP contribution in [0.25, 0.3) is 0 Å². The van der Waals surface area contributed by atoms with E-state index in [2.05, 4.69) is 41.6 Å². The maximum atomic E-state index is 11.1. The molecule has 0 radical (unpaired) electrons. The van der Waals surface area contributed by atoms with Crippen molar-refractivity contribution in [3.63, 3.8) is 0 Å². The van der Waals surface area contributed by atoms with E-state index >= 15 is 0 Å². The first-order valence-corrected chi connectivity index (χ1v) is 10.7. The molecule has 2 aromatic carbocycles. The SMILES string of the molecule is C=C(C)[C@H]1C[C@H](c2cccc(OC)c2)[C@H](C)O[C@@H]1c1cccc(Br)c1OCC(=O)O. The number of carbonyl (C=O) groups is 1. The Morgan fingerprint density at radius 3 is 2.70 bits per heavy atom. The lowest BCUT2D eigenvalue weighted by atomic mass is 9.76. The zero-order valence-corrected chi connectivity index (χ0v) is 19.0. The van der Waals surface area contributed by atoms with Gasteiger partial charge in [0.05, 0.1) is 23.8 Å². The molecule has 0 saturated carbocycles. The minimum atomic E-state index is -1.02. The van der Waals surface area contributed by atoms with Crippen LogP contribution < -0.4 is 9.47 Å². The van der Waals surface area contributed by atoms with E-state index in [4.69, 9.17) is 19.3 Å². The number of carboxylic acids is 1. The molecule has 0 spiro atoms. The molecule has 1 heterocycles. The van der Waals surface area contributed by atoms with Crippen molar-refractivity contribution in [2.75, 3.05) is 13.7 Å². The van der Waals surface area contributed by atoms with E-state index in [0.717, 1.165) is 23.3 Å². The van der Waals surface area contributed by atoms with Crippen LogP contribution in [0, 0.1) is 5.92 Å². The quantitative estimate of drug-likeness (QED) is 0.517. The minimum Gasteiger partial charge on any atom is -0.497 e. The lowest BCUT2D eigenvalue weighted by Gasteiger charge is -2.42. The summed E-state index contributed by atoms with van der Waals surface area (Å²) in [4.78, 5) is 11.1. The summed E-state index contributed by atoms with van der Waals surface area (Å²) in [6, 6.07) is 13.8. The number of methoxy groups -OCH3 is 1. The Balaban J connectivity index is 1.95. The van der Waals surface area contributed by atoms with Crippen molar-refractivity contribution in [1.82, 2.24) is 0 Å². The number of carboxylic acid groups (broad SMARTS) is 1. The third-order valence-corrected chi connectivity index (χ3v) is 6.22.